The second kappa shape index (κ2) is 6.02. The minimum absolute atomic E-state index is 0.00298. The van der Waals surface area contributed by atoms with Gasteiger partial charge in [-0.2, -0.15) is 0 Å². The summed E-state index contributed by atoms with van der Waals surface area (Å²) in [5, 5.41) is 0. The summed E-state index contributed by atoms with van der Waals surface area (Å²) in [7, 11) is 5.44. The van der Waals surface area contributed by atoms with E-state index in [-0.39, 0.29) is 17.9 Å². The average molecular weight is 321 g/mol. The first-order valence-electron chi connectivity index (χ1n) is 6.85. The van der Waals surface area contributed by atoms with Crippen LogP contribution in [0.25, 0.3) is 0 Å². The van der Waals surface area contributed by atoms with Crippen molar-refractivity contribution in [1.29, 1.82) is 0 Å². The van der Waals surface area contributed by atoms with Crippen LogP contribution in [0.15, 0.2) is 0 Å². The molecule has 0 radical (unpaired) electrons. The Balaban J connectivity index is 1.85. The molecule has 7 heteroatoms. The third kappa shape index (κ3) is 3.73. The SMILES string of the molecule is CC(C)(C)OC(=O)N1CC2CC(C(=O)NSCl)CC2C1. The molecule has 20 heavy (non-hydrogen) atoms. The Morgan fingerprint density at radius 3 is 2.25 bits per heavy atom. The molecule has 2 amide bonds. The lowest BCUT2D eigenvalue weighted by atomic mass is 10.0. The molecule has 2 rings (SSSR count). The summed E-state index contributed by atoms with van der Waals surface area (Å²) in [4.78, 5) is 25.5. The number of carbonyl (C=O) groups is 2. The number of nitrogens with one attached hydrogen (secondary N) is 1. The number of hydrogen-bond donors (Lipinski definition) is 1. The lowest BCUT2D eigenvalue weighted by molar-refractivity contribution is -0.123. The summed E-state index contributed by atoms with van der Waals surface area (Å²) >= 11 is 0.825. The van der Waals surface area contributed by atoms with Crippen LogP contribution in [0.4, 0.5) is 4.79 Å². The van der Waals surface area contributed by atoms with E-state index in [4.69, 9.17) is 15.4 Å². The molecular formula is C13H21ClN2O3S. The van der Waals surface area contributed by atoms with Gasteiger partial charge in [-0.1, -0.05) is 0 Å². The Morgan fingerprint density at radius 1 is 1.25 bits per heavy atom. The maximum absolute atomic E-state index is 12.0. The highest BCUT2D eigenvalue weighted by Crippen LogP contribution is 2.42. The zero-order valence-corrected chi connectivity index (χ0v) is 13.6. The third-order valence-corrected chi connectivity index (χ3v) is 4.42. The van der Waals surface area contributed by atoms with Crippen LogP contribution in [0.3, 0.4) is 0 Å². The van der Waals surface area contributed by atoms with E-state index in [0.29, 0.717) is 24.9 Å². The van der Waals surface area contributed by atoms with Crippen molar-refractivity contribution in [2.24, 2.45) is 17.8 Å². The summed E-state index contributed by atoms with van der Waals surface area (Å²) < 4.78 is 7.97. The molecule has 0 bridgehead atoms. The van der Waals surface area contributed by atoms with Crippen molar-refractivity contribution in [1.82, 2.24) is 9.62 Å². The fourth-order valence-electron chi connectivity index (χ4n) is 3.11. The van der Waals surface area contributed by atoms with Crippen LogP contribution >= 0.6 is 21.8 Å². The summed E-state index contributed by atoms with van der Waals surface area (Å²) in [6.45, 7) is 6.98. The van der Waals surface area contributed by atoms with Crippen molar-refractivity contribution in [3.63, 3.8) is 0 Å². The molecule has 0 spiro atoms. The van der Waals surface area contributed by atoms with E-state index >= 15 is 0 Å². The van der Waals surface area contributed by atoms with Crippen molar-refractivity contribution in [2.75, 3.05) is 13.1 Å². The zero-order chi connectivity index (χ0) is 14.9. The fourth-order valence-corrected chi connectivity index (χ4v) is 3.58. The van der Waals surface area contributed by atoms with Gasteiger partial charge in [-0.05, 0) is 56.1 Å². The van der Waals surface area contributed by atoms with Crippen LogP contribution < -0.4 is 4.72 Å². The van der Waals surface area contributed by atoms with Gasteiger partial charge in [0.25, 0.3) is 0 Å². The van der Waals surface area contributed by atoms with Crippen molar-refractivity contribution < 1.29 is 14.3 Å². The Bertz CT molecular complexity index is 386. The highest BCUT2D eigenvalue weighted by molar-refractivity contribution is 8.19. The van der Waals surface area contributed by atoms with Crippen LogP contribution in [0, 0.1) is 17.8 Å². The standard InChI is InChI=1S/C13H21ClN2O3S/c1-13(2,3)19-12(18)16-6-9-4-8(5-10(9)7-16)11(17)15-20-14/h8-10H,4-7H2,1-3H3,(H,15,17). The molecule has 1 heterocycles. The molecule has 1 saturated heterocycles. The molecule has 114 valence electrons. The Hall–Kier alpha value is -0.620. The molecular weight excluding hydrogens is 300 g/mol. The number of halogens is 1. The minimum atomic E-state index is -0.464. The maximum Gasteiger partial charge on any atom is 0.410 e. The van der Waals surface area contributed by atoms with Gasteiger partial charge in [-0.15, -0.1) is 0 Å². The van der Waals surface area contributed by atoms with Gasteiger partial charge in [-0.25, -0.2) is 4.79 Å². The lowest BCUT2D eigenvalue weighted by Crippen LogP contribution is -2.36. The van der Waals surface area contributed by atoms with E-state index in [0.717, 1.165) is 24.0 Å². The second-order valence-corrected chi connectivity index (χ2v) is 7.44. The molecule has 0 aromatic heterocycles. The lowest BCUT2D eigenvalue weighted by Gasteiger charge is -2.25. The molecule has 0 aromatic rings. The smallest absolute Gasteiger partial charge is 0.410 e. The normalized spacial score (nSPS) is 29.2. The average Bonchev–Trinajstić information content (AvgIpc) is 2.83. The molecule has 2 aliphatic rings. The van der Waals surface area contributed by atoms with E-state index < -0.39 is 5.60 Å². The highest BCUT2D eigenvalue weighted by Gasteiger charge is 2.45. The highest BCUT2D eigenvalue weighted by atomic mass is 35.7. The van der Waals surface area contributed by atoms with Gasteiger partial charge in [0.2, 0.25) is 5.91 Å². The molecule has 1 aliphatic carbocycles. The molecule has 2 atom stereocenters. The van der Waals surface area contributed by atoms with Crippen molar-refractivity contribution >= 4 is 33.8 Å². The van der Waals surface area contributed by atoms with Crippen molar-refractivity contribution in [3.05, 3.63) is 0 Å². The quantitative estimate of drug-likeness (QED) is 0.795. The van der Waals surface area contributed by atoms with E-state index in [1.54, 1.807) is 4.90 Å². The Labute approximate surface area is 128 Å². The van der Waals surface area contributed by atoms with Gasteiger partial charge in [0.15, 0.2) is 0 Å². The van der Waals surface area contributed by atoms with Gasteiger partial charge >= 0.3 is 6.09 Å². The van der Waals surface area contributed by atoms with Crippen molar-refractivity contribution in [2.45, 2.75) is 39.2 Å². The van der Waals surface area contributed by atoms with Crippen LogP contribution in [0.5, 0.6) is 0 Å². The first-order chi connectivity index (χ1) is 9.30. The molecule has 0 aromatic carbocycles. The zero-order valence-electron chi connectivity index (χ0n) is 12.0. The van der Waals surface area contributed by atoms with Gasteiger partial charge in [-0.3, -0.25) is 9.52 Å². The van der Waals surface area contributed by atoms with Gasteiger partial charge in [0.05, 0.1) is 11.2 Å². The molecule has 1 aliphatic heterocycles. The summed E-state index contributed by atoms with van der Waals surface area (Å²) in [5.74, 6) is 0.831. The molecule has 2 fully saturated rings. The number of likely N-dealkylation sites (tertiary alicyclic amines) is 1. The topological polar surface area (TPSA) is 58.6 Å². The van der Waals surface area contributed by atoms with Crippen LogP contribution in [0.1, 0.15) is 33.6 Å². The number of rotatable bonds is 2. The van der Waals surface area contributed by atoms with Crippen LogP contribution in [-0.4, -0.2) is 35.6 Å². The third-order valence-electron chi connectivity index (χ3n) is 3.91. The van der Waals surface area contributed by atoms with E-state index in [9.17, 15) is 9.59 Å². The number of fused-ring (bicyclic) bond motifs is 1. The number of hydrogen-bond acceptors (Lipinski definition) is 4. The number of ether oxygens (including phenoxy) is 1. The summed E-state index contributed by atoms with van der Waals surface area (Å²) in [6.07, 6.45) is 1.41. The predicted octanol–water partition coefficient (Wildman–Crippen LogP) is 2.80. The second-order valence-electron chi connectivity index (χ2n) is 6.62. The largest absolute Gasteiger partial charge is 0.444 e. The molecule has 2 unspecified atom stereocenters. The Morgan fingerprint density at radius 2 is 1.80 bits per heavy atom. The van der Waals surface area contributed by atoms with E-state index in [1.165, 1.54) is 0 Å². The van der Waals surface area contributed by atoms with E-state index in [2.05, 4.69) is 4.72 Å². The fraction of sp³-hybridized carbons (Fsp3) is 0.846. The molecule has 1 saturated carbocycles. The number of carbonyl (C=O) groups excluding carboxylic acids is 2. The first-order valence-corrected chi connectivity index (χ1v) is 8.50. The minimum Gasteiger partial charge on any atom is -0.444 e. The number of nitrogens with zero attached hydrogens (tertiary/aromatic N) is 1. The summed E-state index contributed by atoms with van der Waals surface area (Å²) in [5.41, 5.74) is -0.464. The van der Waals surface area contributed by atoms with Crippen molar-refractivity contribution in [3.8, 4) is 0 Å². The first kappa shape index (κ1) is 15.8. The predicted molar refractivity (Wildman–Crippen MR) is 79.1 cm³/mol. The molecule has 5 nitrogen and oxygen atoms in total. The number of amides is 2. The van der Waals surface area contributed by atoms with E-state index in [1.807, 2.05) is 20.8 Å². The van der Waals surface area contributed by atoms with Gasteiger partial charge < -0.3 is 9.64 Å². The van der Waals surface area contributed by atoms with Gasteiger partial charge in [0.1, 0.15) is 5.60 Å². The Kier molecular flexibility index (Phi) is 4.74. The maximum atomic E-state index is 12.0. The van der Waals surface area contributed by atoms with Gasteiger partial charge in [0, 0.05) is 19.0 Å². The van der Waals surface area contributed by atoms with Crippen LogP contribution in [-0.2, 0) is 9.53 Å². The monoisotopic (exact) mass is 320 g/mol. The summed E-state index contributed by atoms with van der Waals surface area (Å²) in [6, 6.07) is 0. The molecule has 1 N–H and O–H groups in total. The van der Waals surface area contributed by atoms with Crippen LogP contribution in [0.2, 0.25) is 0 Å².